The fraction of sp³-hybridized carbons (Fsp3) is 0.800. The van der Waals surface area contributed by atoms with Crippen LogP contribution in [0.3, 0.4) is 0 Å². The van der Waals surface area contributed by atoms with Crippen LogP contribution >= 0.6 is 12.2 Å². The molecule has 88 valence electrons. The highest BCUT2D eigenvalue weighted by molar-refractivity contribution is 7.80. The van der Waals surface area contributed by atoms with Gasteiger partial charge in [0.15, 0.2) is 0 Å². The molecule has 0 aliphatic carbocycles. The molecule has 3 N–H and O–H groups in total. The number of nitrogens with two attached hydrogens (primary N) is 1. The zero-order valence-corrected chi connectivity index (χ0v) is 10.6. The third kappa shape index (κ3) is 6.41. The summed E-state index contributed by atoms with van der Waals surface area (Å²) >= 11 is 4.80. The van der Waals surface area contributed by atoms with Crippen LogP contribution in [0.15, 0.2) is 0 Å². The predicted molar refractivity (Wildman–Crippen MR) is 64.7 cm³/mol. The van der Waals surface area contributed by atoms with Gasteiger partial charge in [-0.2, -0.15) is 0 Å². The molecule has 15 heavy (non-hydrogen) atoms. The third-order valence-corrected chi connectivity index (χ3v) is 2.63. The smallest absolute Gasteiger partial charge is 0.222 e. The van der Waals surface area contributed by atoms with Crippen molar-refractivity contribution in [3.63, 3.8) is 0 Å². The summed E-state index contributed by atoms with van der Waals surface area (Å²) in [7, 11) is 1.59. The van der Waals surface area contributed by atoms with Crippen molar-refractivity contribution in [3.8, 4) is 0 Å². The van der Waals surface area contributed by atoms with Crippen LogP contribution in [-0.4, -0.2) is 30.2 Å². The highest BCUT2D eigenvalue weighted by Gasteiger charge is 2.21. The van der Waals surface area contributed by atoms with Crippen molar-refractivity contribution in [2.45, 2.75) is 32.8 Å². The molecule has 0 spiro atoms. The Morgan fingerprint density at radius 1 is 1.60 bits per heavy atom. The monoisotopic (exact) mass is 232 g/mol. The summed E-state index contributed by atoms with van der Waals surface area (Å²) in [5, 5.41) is 2.77. The quantitative estimate of drug-likeness (QED) is 0.666. The number of carbonyl (C=O) groups excluding carboxylic acids is 1. The number of rotatable bonds is 6. The lowest BCUT2D eigenvalue weighted by Crippen LogP contribution is -2.37. The molecule has 4 nitrogen and oxygen atoms in total. The van der Waals surface area contributed by atoms with Crippen molar-refractivity contribution >= 4 is 23.1 Å². The number of hydrogen-bond acceptors (Lipinski definition) is 3. The molecule has 5 heteroatoms. The minimum Gasteiger partial charge on any atom is -0.393 e. The lowest BCUT2D eigenvalue weighted by atomic mass is 10.0. The first-order valence-corrected chi connectivity index (χ1v) is 5.30. The first-order valence-electron chi connectivity index (χ1n) is 4.89. The second-order valence-electron chi connectivity index (χ2n) is 4.25. The summed E-state index contributed by atoms with van der Waals surface area (Å²) in [5.74, 6) is -0.0282. The average Bonchev–Trinajstić information content (AvgIpc) is 2.13. The SMILES string of the molecule is COC(C)(C)CC(=O)NCC(C)C(N)=S. The van der Waals surface area contributed by atoms with Gasteiger partial charge >= 0.3 is 0 Å². The van der Waals surface area contributed by atoms with Gasteiger partial charge in [0.25, 0.3) is 0 Å². The Morgan fingerprint density at radius 2 is 2.13 bits per heavy atom. The summed E-state index contributed by atoms with van der Waals surface area (Å²) in [5.41, 5.74) is 5.00. The zero-order valence-electron chi connectivity index (χ0n) is 9.79. The summed E-state index contributed by atoms with van der Waals surface area (Å²) in [6, 6.07) is 0. The van der Waals surface area contributed by atoms with Gasteiger partial charge < -0.3 is 15.8 Å². The van der Waals surface area contributed by atoms with Crippen molar-refractivity contribution in [2.24, 2.45) is 11.7 Å². The van der Waals surface area contributed by atoms with E-state index in [1.165, 1.54) is 0 Å². The maximum atomic E-state index is 11.5. The first kappa shape index (κ1) is 14.3. The van der Waals surface area contributed by atoms with Gasteiger partial charge in [0.05, 0.1) is 17.0 Å². The van der Waals surface area contributed by atoms with Gasteiger partial charge in [-0.3, -0.25) is 4.79 Å². The van der Waals surface area contributed by atoms with E-state index in [0.29, 0.717) is 18.0 Å². The predicted octanol–water partition coefficient (Wildman–Crippen LogP) is 0.840. The normalized spacial score (nSPS) is 13.3. The average molecular weight is 232 g/mol. The van der Waals surface area contributed by atoms with Crippen LogP contribution in [0.1, 0.15) is 27.2 Å². The summed E-state index contributed by atoms with van der Waals surface area (Å²) in [6.07, 6.45) is 0.327. The number of methoxy groups -OCH3 is 1. The summed E-state index contributed by atoms with van der Waals surface area (Å²) in [4.78, 5) is 11.9. The number of hydrogen-bond donors (Lipinski definition) is 2. The van der Waals surface area contributed by atoms with Crippen molar-refractivity contribution < 1.29 is 9.53 Å². The van der Waals surface area contributed by atoms with E-state index in [4.69, 9.17) is 22.7 Å². The highest BCUT2D eigenvalue weighted by Crippen LogP contribution is 2.12. The Morgan fingerprint density at radius 3 is 2.53 bits per heavy atom. The lowest BCUT2D eigenvalue weighted by molar-refractivity contribution is -0.126. The second-order valence-corrected chi connectivity index (χ2v) is 4.72. The molecule has 0 aromatic carbocycles. The molecular weight excluding hydrogens is 212 g/mol. The van der Waals surface area contributed by atoms with Crippen molar-refractivity contribution in [1.82, 2.24) is 5.32 Å². The fourth-order valence-corrected chi connectivity index (χ4v) is 0.972. The number of thiocarbonyl (C=S) groups is 1. The van der Waals surface area contributed by atoms with Crippen LogP contribution in [0, 0.1) is 5.92 Å². The van der Waals surface area contributed by atoms with Crippen molar-refractivity contribution in [2.75, 3.05) is 13.7 Å². The molecule has 0 heterocycles. The standard InChI is InChI=1S/C10H20N2O2S/c1-7(9(11)15)6-12-8(13)5-10(2,3)14-4/h7H,5-6H2,1-4H3,(H2,11,15)(H,12,13). The number of nitrogens with one attached hydrogen (secondary N) is 1. The largest absolute Gasteiger partial charge is 0.393 e. The fourth-order valence-electron chi connectivity index (χ4n) is 0.889. The molecule has 0 bridgehead atoms. The molecular formula is C10H20N2O2S. The van der Waals surface area contributed by atoms with Gasteiger partial charge in [0.1, 0.15) is 0 Å². The van der Waals surface area contributed by atoms with E-state index in [0.717, 1.165) is 0 Å². The molecule has 1 unspecified atom stereocenters. The maximum Gasteiger partial charge on any atom is 0.222 e. The van der Waals surface area contributed by atoms with E-state index in [1.54, 1.807) is 7.11 Å². The Labute approximate surface area is 96.5 Å². The van der Waals surface area contributed by atoms with Gasteiger partial charge in [0.2, 0.25) is 5.91 Å². The van der Waals surface area contributed by atoms with Crippen LogP contribution < -0.4 is 11.1 Å². The maximum absolute atomic E-state index is 11.5. The molecule has 0 aromatic heterocycles. The Bertz CT molecular complexity index is 242. The topological polar surface area (TPSA) is 64.3 Å². The third-order valence-electron chi connectivity index (χ3n) is 2.23. The molecule has 1 amide bonds. The number of amides is 1. The molecule has 0 rings (SSSR count). The molecule has 0 saturated heterocycles. The van der Waals surface area contributed by atoms with E-state index in [9.17, 15) is 4.79 Å². The van der Waals surface area contributed by atoms with Gasteiger partial charge in [0, 0.05) is 19.6 Å². The van der Waals surface area contributed by atoms with Crippen LogP contribution in [0.25, 0.3) is 0 Å². The Balaban J connectivity index is 3.91. The molecule has 0 aliphatic heterocycles. The molecule has 1 atom stereocenters. The summed E-state index contributed by atoms with van der Waals surface area (Å²) < 4.78 is 5.15. The Hall–Kier alpha value is -0.680. The van der Waals surface area contributed by atoms with Crippen LogP contribution in [-0.2, 0) is 9.53 Å². The minimum absolute atomic E-state index is 0.0228. The van der Waals surface area contributed by atoms with Gasteiger partial charge in [-0.15, -0.1) is 0 Å². The van der Waals surface area contributed by atoms with E-state index >= 15 is 0 Å². The van der Waals surface area contributed by atoms with E-state index in [1.807, 2.05) is 20.8 Å². The van der Waals surface area contributed by atoms with Gasteiger partial charge in [-0.05, 0) is 13.8 Å². The lowest BCUT2D eigenvalue weighted by Gasteiger charge is -2.22. The highest BCUT2D eigenvalue weighted by atomic mass is 32.1. The minimum atomic E-state index is -0.434. The van der Waals surface area contributed by atoms with E-state index in [2.05, 4.69) is 5.32 Å². The van der Waals surface area contributed by atoms with Crippen LogP contribution in [0.2, 0.25) is 0 Å². The van der Waals surface area contributed by atoms with E-state index < -0.39 is 5.60 Å². The molecule has 0 aliphatic rings. The van der Waals surface area contributed by atoms with Crippen LogP contribution in [0.4, 0.5) is 0 Å². The van der Waals surface area contributed by atoms with Gasteiger partial charge in [-0.1, -0.05) is 19.1 Å². The number of ether oxygens (including phenoxy) is 1. The molecule has 0 aromatic rings. The van der Waals surface area contributed by atoms with Crippen LogP contribution in [0.5, 0.6) is 0 Å². The van der Waals surface area contributed by atoms with Crippen molar-refractivity contribution in [1.29, 1.82) is 0 Å². The van der Waals surface area contributed by atoms with Gasteiger partial charge in [-0.25, -0.2) is 0 Å². The Kier molecular flexibility index (Phi) is 5.75. The summed E-state index contributed by atoms with van der Waals surface area (Å²) in [6.45, 7) is 6.09. The second kappa shape index (κ2) is 6.02. The van der Waals surface area contributed by atoms with Crippen molar-refractivity contribution in [3.05, 3.63) is 0 Å². The molecule has 0 fully saturated rings. The van der Waals surface area contributed by atoms with E-state index in [-0.39, 0.29) is 11.8 Å². The molecule has 0 saturated carbocycles. The molecule has 0 radical (unpaired) electrons. The number of carbonyl (C=O) groups is 1. The first-order chi connectivity index (χ1) is 6.78. The zero-order chi connectivity index (χ0) is 12.1.